The van der Waals surface area contributed by atoms with Gasteiger partial charge in [-0.3, -0.25) is 15.6 Å². The molecule has 1 aromatic rings. The molecule has 0 spiro atoms. The Balaban J connectivity index is 2.62. The van der Waals surface area contributed by atoms with Crippen molar-refractivity contribution in [2.45, 2.75) is 20.3 Å². The van der Waals surface area contributed by atoms with Crippen molar-refractivity contribution >= 4 is 23.2 Å². The van der Waals surface area contributed by atoms with Crippen LogP contribution in [0.4, 0.5) is 0 Å². The summed E-state index contributed by atoms with van der Waals surface area (Å²) in [5.74, 6) is 0.788. The highest BCUT2D eigenvalue weighted by atomic mass is 32.1. The number of benzene rings is 1. The molecule has 0 saturated carbocycles. The zero-order valence-corrected chi connectivity index (χ0v) is 14.5. The van der Waals surface area contributed by atoms with Gasteiger partial charge in [0.15, 0.2) is 16.6 Å². The number of hydrogen-bond acceptors (Lipinski definition) is 4. The fourth-order valence-electron chi connectivity index (χ4n) is 1.60. The van der Waals surface area contributed by atoms with E-state index in [9.17, 15) is 4.79 Å². The van der Waals surface area contributed by atoms with Crippen LogP contribution in [0.25, 0.3) is 0 Å². The molecule has 0 radical (unpaired) electrons. The Morgan fingerprint density at radius 1 is 1.30 bits per heavy atom. The summed E-state index contributed by atoms with van der Waals surface area (Å²) < 4.78 is 10.8. The highest BCUT2D eigenvalue weighted by molar-refractivity contribution is 7.80. The van der Waals surface area contributed by atoms with E-state index in [2.05, 4.69) is 22.7 Å². The first-order chi connectivity index (χ1) is 11.0. The molecule has 0 aliphatic carbocycles. The van der Waals surface area contributed by atoms with Gasteiger partial charge in [-0.05, 0) is 43.8 Å². The van der Waals surface area contributed by atoms with Crippen molar-refractivity contribution in [3.8, 4) is 11.5 Å². The number of hydrogen-bond donors (Lipinski definition) is 3. The monoisotopic (exact) mass is 337 g/mol. The number of methoxy groups -OCH3 is 1. The van der Waals surface area contributed by atoms with E-state index in [0.717, 1.165) is 12.0 Å². The van der Waals surface area contributed by atoms with Crippen LogP contribution in [0, 0.1) is 0 Å². The zero-order valence-electron chi connectivity index (χ0n) is 13.7. The van der Waals surface area contributed by atoms with Crippen molar-refractivity contribution in [2.75, 3.05) is 20.3 Å². The molecule has 0 aliphatic rings. The van der Waals surface area contributed by atoms with E-state index < -0.39 is 0 Å². The van der Waals surface area contributed by atoms with Crippen LogP contribution in [0.3, 0.4) is 0 Å². The Labute approximate surface area is 142 Å². The normalized spacial score (nSPS) is 9.70. The summed E-state index contributed by atoms with van der Waals surface area (Å²) in [7, 11) is 1.53. The van der Waals surface area contributed by atoms with Crippen LogP contribution in [0.5, 0.6) is 11.5 Å². The molecule has 0 bridgehead atoms. The number of carbonyl (C=O) groups excluding carboxylic acids is 1. The summed E-state index contributed by atoms with van der Waals surface area (Å²) in [5, 5.41) is 3.22. The minimum absolute atomic E-state index is 0.316. The summed E-state index contributed by atoms with van der Waals surface area (Å²) in [5.41, 5.74) is 6.52. The van der Waals surface area contributed by atoms with Gasteiger partial charge in [-0.2, -0.15) is 0 Å². The third-order valence-corrected chi connectivity index (χ3v) is 2.97. The van der Waals surface area contributed by atoms with Crippen LogP contribution in [-0.4, -0.2) is 31.3 Å². The molecule has 0 fully saturated rings. The van der Waals surface area contributed by atoms with Crippen molar-refractivity contribution in [2.24, 2.45) is 0 Å². The number of nitrogens with one attached hydrogen (secondary N) is 3. The van der Waals surface area contributed by atoms with Crippen LogP contribution in [0.15, 0.2) is 30.4 Å². The third-order valence-electron chi connectivity index (χ3n) is 2.73. The highest BCUT2D eigenvalue weighted by Crippen LogP contribution is 2.28. The van der Waals surface area contributed by atoms with Crippen molar-refractivity contribution in [1.82, 2.24) is 16.2 Å². The molecule has 7 heteroatoms. The standard InChI is InChI=1S/C16H23N3O3S/c1-5-8-22-13-7-6-12(9-14(13)21-4)15(20)18-19-16(23)17-10-11(2)3/h6-7,9H,2,5,8,10H2,1,3-4H3,(H,18,20)(H2,17,19,23). The maximum atomic E-state index is 12.1. The Morgan fingerprint density at radius 3 is 2.65 bits per heavy atom. The van der Waals surface area contributed by atoms with E-state index in [0.29, 0.717) is 35.3 Å². The molecule has 3 N–H and O–H groups in total. The predicted octanol–water partition coefficient (Wildman–Crippen LogP) is 2.17. The number of carbonyl (C=O) groups is 1. The Hall–Kier alpha value is -2.28. The largest absolute Gasteiger partial charge is 0.493 e. The van der Waals surface area contributed by atoms with Crippen molar-refractivity contribution in [3.63, 3.8) is 0 Å². The lowest BCUT2D eigenvalue weighted by Gasteiger charge is -2.13. The molecule has 0 unspecified atom stereocenters. The van der Waals surface area contributed by atoms with E-state index in [4.69, 9.17) is 21.7 Å². The lowest BCUT2D eigenvalue weighted by Crippen LogP contribution is -2.47. The molecule has 0 atom stereocenters. The number of hydrazine groups is 1. The van der Waals surface area contributed by atoms with Gasteiger partial charge < -0.3 is 14.8 Å². The van der Waals surface area contributed by atoms with Gasteiger partial charge in [0, 0.05) is 12.1 Å². The van der Waals surface area contributed by atoms with Gasteiger partial charge in [-0.25, -0.2) is 0 Å². The van der Waals surface area contributed by atoms with E-state index in [1.807, 2.05) is 13.8 Å². The van der Waals surface area contributed by atoms with Crippen LogP contribution in [0.1, 0.15) is 30.6 Å². The van der Waals surface area contributed by atoms with Crippen LogP contribution >= 0.6 is 12.2 Å². The number of rotatable bonds is 7. The summed E-state index contributed by atoms with van der Waals surface area (Å²) in [6.07, 6.45) is 0.893. The van der Waals surface area contributed by atoms with Crippen LogP contribution in [0.2, 0.25) is 0 Å². The Morgan fingerprint density at radius 2 is 2.04 bits per heavy atom. The van der Waals surface area contributed by atoms with Gasteiger partial charge in [0.05, 0.1) is 13.7 Å². The second kappa shape index (κ2) is 9.68. The maximum Gasteiger partial charge on any atom is 0.269 e. The molecule has 1 amide bonds. The van der Waals surface area contributed by atoms with Crippen molar-refractivity contribution in [1.29, 1.82) is 0 Å². The van der Waals surface area contributed by atoms with Gasteiger partial charge in [-0.1, -0.05) is 19.1 Å². The smallest absolute Gasteiger partial charge is 0.269 e. The first-order valence-corrected chi connectivity index (χ1v) is 7.68. The van der Waals surface area contributed by atoms with Crippen molar-refractivity contribution in [3.05, 3.63) is 35.9 Å². The zero-order chi connectivity index (χ0) is 17.2. The van der Waals surface area contributed by atoms with Gasteiger partial charge in [0.1, 0.15) is 0 Å². The molecule has 126 valence electrons. The fourth-order valence-corrected chi connectivity index (χ4v) is 1.72. The molecule has 0 saturated heterocycles. The molecular formula is C16H23N3O3S. The molecule has 6 nitrogen and oxygen atoms in total. The second-order valence-corrected chi connectivity index (χ2v) is 5.34. The molecular weight excluding hydrogens is 314 g/mol. The average Bonchev–Trinajstić information content (AvgIpc) is 2.55. The van der Waals surface area contributed by atoms with Gasteiger partial charge in [0.2, 0.25) is 0 Å². The maximum absolute atomic E-state index is 12.1. The van der Waals surface area contributed by atoms with Gasteiger partial charge in [-0.15, -0.1) is 0 Å². The van der Waals surface area contributed by atoms with E-state index in [1.54, 1.807) is 18.2 Å². The number of ether oxygens (including phenoxy) is 2. The van der Waals surface area contributed by atoms with Crippen LogP contribution in [-0.2, 0) is 0 Å². The average molecular weight is 337 g/mol. The topological polar surface area (TPSA) is 71.6 Å². The summed E-state index contributed by atoms with van der Waals surface area (Å²) in [4.78, 5) is 12.1. The molecule has 0 aromatic heterocycles. The third kappa shape index (κ3) is 6.56. The lowest BCUT2D eigenvalue weighted by molar-refractivity contribution is 0.0943. The highest BCUT2D eigenvalue weighted by Gasteiger charge is 2.11. The van der Waals surface area contributed by atoms with Crippen molar-refractivity contribution < 1.29 is 14.3 Å². The summed E-state index contributed by atoms with van der Waals surface area (Å²) >= 11 is 5.04. The molecule has 1 rings (SSSR count). The molecule has 0 aliphatic heterocycles. The minimum Gasteiger partial charge on any atom is -0.493 e. The Bertz CT molecular complexity index is 576. The van der Waals surface area contributed by atoms with E-state index in [-0.39, 0.29) is 5.91 Å². The van der Waals surface area contributed by atoms with Gasteiger partial charge in [0.25, 0.3) is 5.91 Å². The summed E-state index contributed by atoms with van der Waals surface area (Å²) in [6.45, 7) is 8.78. The summed E-state index contributed by atoms with van der Waals surface area (Å²) in [6, 6.07) is 4.99. The quantitative estimate of drug-likeness (QED) is 0.402. The first-order valence-electron chi connectivity index (χ1n) is 7.27. The van der Waals surface area contributed by atoms with E-state index in [1.165, 1.54) is 7.11 Å². The van der Waals surface area contributed by atoms with Gasteiger partial charge >= 0.3 is 0 Å². The first kappa shape index (κ1) is 18.8. The van der Waals surface area contributed by atoms with E-state index >= 15 is 0 Å². The second-order valence-electron chi connectivity index (χ2n) is 4.93. The fraction of sp³-hybridized carbons (Fsp3) is 0.375. The SMILES string of the molecule is C=C(C)CNC(=S)NNC(=O)c1ccc(OCCC)c(OC)c1. The van der Waals surface area contributed by atoms with Crippen LogP contribution < -0.4 is 25.6 Å². The Kier molecular flexibility index (Phi) is 7.90. The minimum atomic E-state index is -0.329. The predicted molar refractivity (Wildman–Crippen MR) is 94.8 cm³/mol. The number of amides is 1. The molecule has 0 heterocycles. The number of thiocarbonyl (C=S) groups is 1. The molecule has 23 heavy (non-hydrogen) atoms. The lowest BCUT2D eigenvalue weighted by atomic mass is 10.2. The molecule has 1 aromatic carbocycles.